The van der Waals surface area contributed by atoms with Crippen LogP contribution in [0.5, 0.6) is 11.5 Å². The van der Waals surface area contributed by atoms with Gasteiger partial charge in [-0.05, 0) is 42.8 Å². The minimum atomic E-state index is -4.62. The Kier molecular flexibility index (Phi) is 4.10. The predicted molar refractivity (Wildman–Crippen MR) is 72.4 cm³/mol. The molecular formula is C15H9ClF3NO. The molecular weight excluding hydrogens is 303 g/mol. The van der Waals surface area contributed by atoms with E-state index >= 15 is 0 Å². The average Bonchev–Trinajstić information content (AvgIpc) is 2.41. The summed E-state index contributed by atoms with van der Waals surface area (Å²) in [4.78, 5) is 0. The Bertz CT molecular complexity index is 720. The molecule has 2 nitrogen and oxygen atoms in total. The van der Waals surface area contributed by atoms with Crippen molar-refractivity contribution in [2.75, 3.05) is 0 Å². The van der Waals surface area contributed by atoms with Crippen LogP contribution < -0.4 is 4.74 Å². The van der Waals surface area contributed by atoms with Crippen LogP contribution in [0.4, 0.5) is 13.2 Å². The van der Waals surface area contributed by atoms with Gasteiger partial charge in [-0.2, -0.15) is 18.4 Å². The molecule has 0 aliphatic rings. The van der Waals surface area contributed by atoms with Gasteiger partial charge in [0.05, 0.1) is 22.2 Å². The van der Waals surface area contributed by atoms with Crippen LogP contribution in [0.3, 0.4) is 0 Å². The molecule has 0 saturated heterocycles. The maximum atomic E-state index is 12.9. The topological polar surface area (TPSA) is 33.0 Å². The molecule has 108 valence electrons. The molecule has 21 heavy (non-hydrogen) atoms. The van der Waals surface area contributed by atoms with Crippen LogP contribution in [-0.2, 0) is 6.18 Å². The van der Waals surface area contributed by atoms with Gasteiger partial charge in [0.2, 0.25) is 0 Å². The third-order valence-electron chi connectivity index (χ3n) is 2.73. The molecule has 0 aromatic heterocycles. The zero-order valence-corrected chi connectivity index (χ0v) is 11.6. The van der Waals surface area contributed by atoms with E-state index < -0.39 is 17.3 Å². The second-order valence-electron chi connectivity index (χ2n) is 4.35. The summed E-state index contributed by atoms with van der Waals surface area (Å²) in [6.07, 6.45) is -4.62. The third-order valence-corrected chi connectivity index (χ3v) is 3.03. The average molecular weight is 312 g/mol. The van der Waals surface area contributed by atoms with Crippen LogP contribution in [0.2, 0.25) is 5.02 Å². The van der Waals surface area contributed by atoms with E-state index in [0.29, 0.717) is 5.02 Å². The number of ether oxygens (including phenoxy) is 1. The van der Waals surface area contributed by atoms with Crippen LogP contribution in [-0.4, -0.2) is 0 Å². The van der Waals surface area contributed by atoms with Gasteiger partial charge in [-0.15, -0.1) is 0 Å². The van der Waals surface area contributed by atoms with E-state index in [9.17, 15) is 13.2 Å². The Morgan fingerprint density at radius 2 is 1.86 bits per heavy atom. The molecule has 0 amide bonds. The lowest BCUT2D eigenvalue weighted by Gasteiger charge is -2.12. The standard InChI is InChI=1S/C15H9ClF3NO/c1-9-2-5-14(13(16)6-9)21-11-4-3-10(8-20)12(7-11)15(17,18)19/h2-7H,1H3. The Hall–Kier alpha value is -2.19. The van der Waals surface area contributed by atoms with Gasteiger partial charge >= 0.3 is 6.18 Å². The maximum Gasteiger partial charge on any atom is 0.417 e. The summed E-state index contributed by atoms with van der Waals surface area (Å²) in [6, 6.07) is 9.61. The van der Waals surface area contributed by atoms with Crippen LogP contribution in [0.1, 0.15) is 16.7 Å². The fourth-order valence-corrected chi connectivity index (χ4v) is 2.01. The SMILES string of the molecule is Cc1ccc(Oc2ccc(C#N)c(C(F)(F)F)c2)c(Cl)c1. The van der Waals surface area contributed by atoms with Crippen molar-refractivity contribution in [3.8, 4) is 17.6 Å². The quantitative estimate of drug-likeness (QED) is 0.751. The van der Waals surface area contributed by atoms with Gasteiger partial charge in [0.25, 0.3) is 0 Å². The first-order valence-electron chi connectivity index (χ1n) is 5.86. The number of nitriles is 1. The van der Waals surface area contributed by atoms with Crippen LogP contribution in [0.25, 0.3) is 0 Å². The van der Waals surface area contributed by atoms with Gasteiger partial charge in [0.15, 0.2) is 0 Å². The first-order valence-corrected chi connectivity index (χ1v) is 6.24. The molecule has 0 atom stereocenters. The molecule has 2 aromatic carbocycles. The van der Waals surface area contributed by atoms with E-state index in [1.165, 1.54) is 12.1 Å². The lowest BCUT2D eigenvalue weighted by atomic mass is 10.1. The molecule has 0 spiro atoms. The molecule has 6 heteroatoms. The maximum absolute atomic E-state index is 12.9. The molecule has 2 aromatic rings. The lowest BCUT2D eigenvalue weighted by Crippen LogP contribution is -2.07. The summed E-state index contributed by atoms with van der Waals surface area (Å²) in [5, 5.41) is 9.02. The van der Waals surface area contributed by atoms with Gasteiger partial charge in [-0.3, -0.25) is 0 Å². The van der Waals surface area contributed by atoms with E-state index in [-0.39, 0.29) is 11.5 Å². The number of alkyl halides is 3. The molecule has 0 saturated carbocycles. The molecule has 2 rings (SSSR count). The highest BCUT2D eigenvalue weighted by atomic mass is 35.5. The first-order chi connectivity index (χ1) is 9.81. The summed E-state index contributed by atoms with van der Waals surface area (Å²) < 4.78 is 43.9. The molecule has 0 radical (unpaired) electrons. The normalized spacial score (nSPS) is 11.0. The largest absolute Gasteiger partial charge is 0.456 e. The molecule has 0 aliphatic heterocycles. The summed E-state index contributed by atoms with van der Waals surface area (Å²) >= 11 is 5.97. The van der Waals surface area contributed by atoms with Crippen LogP contribution in [0, 0.1) is 18.3 Å². The number of halogens is 4. The molecule has 0 aliphatic carbocycles. The van der Waals surface area contributed by atoms with Crippen molar-refractivity contribution in [3.63, 3.8) is 0 Å². The van der Waals surface area contributed by atoms with Gasteiger partial charge < -0.3 is 4.74 Å². The Morgan fingerprint density at radius 3 is 2.43 bits per heavy atom. The van der Waals surface area contributed by atoms with Gasteiger partial charge in [0.1, 0.15) is 11.5 Å². The highest BCUT2D eigenvalue weighted by molar-refractivity contribution is 6.32. The molecule has 0 unspecified atom stereocenters. The predicted octanol–water partition coefficient (Wildman–Crippen LogP) is 5.33. The minimum Gasteiger partial charge on any atom is -0.456 e. The van der Waals surface area contributed by atoms with Crippen molar-refractivity contribution in [2.45, 2.75) is 13.1 Å². The Morgan fingerprint density at radius 1 is 1.14 bits per heavy atom. The van der Waals surface area contributed by atoms with E-state index in [4.69, 9.17) is 21.6 Å². The third kappa shape index (κ3) is 3.47. The number of aryl methyl sites for hydroxylation is 1. The summed E-state index contributed by atoms with van der Waals surface area (Å²) in [7, 11) is 0. The zero-order valence-electron chi connectivity index (χ0n) is 10.8. The highest BCUT2D eigenvalue weighted by Gasteiger charge is 2.34. The number of rotatable bonds is 2. The van der Waals surface area contributed by atoms with E-state index in [2.05, 4.69) is 0 Å². The molecule has 0 heterocycles. The van der Waals surface area contributed by atoms with Gasteiger partial charge in [0, 0.05) is 0 Å². The Labute approximate surface area is 124 Å². The van der Waals surface area contributed by atoms with E-state index in [0.717, 1.165) is 17.7 Å². The Balaban J connectivity index is 2.40. The summed E-state index contributed by atoms with van der Waals surface area (Å²) in [5.74, 6) is 0.215. The van der Waals surface area contributed by atoms with Crippen LogP contribution >= 0.6 is 11.6 Å². The fraction of sp³-hybridized carbons (Fsp3) is 0.133. The molecule has 0 fully saturated rings. The fourth-order valence-electron chi connectivity index (χ4n) is 1.73. The molecule has 0 N–H and O–H groups in total. The van der Waals surface area contributed by atoms with Crippen molar-refractivity contribution in [1.29, 1.82) is 5.26 Å². The summed E-state index contributed by atoms with van der Waals surface area (Å²) in [6.45, 7) is 1.83. The number of hydrogen-bond acceptors (Lipinski definition) is 2. The van der Waals surface area contributed by atoms with Gasteiger partial charge in [-0.25, -0.2) is 0 Å². The van der Waals surface area contributed by atoms with Crippen molar-refractivity contribution in [2.24, 2.45) is 0 Å². The van der Waals surface area contributed by atoms with Crippen molar-refractivity contribution < 1.29 is 17.9 Å². The van der Waals surface area contributed by atoms with Crippen molar-refractivity contribution in [1.82, 2.24) is 0 Å². The monoisotopic (exact) mass is 311 g/mol. The number of nitrogens with zero attached hydrogens (tertiary/aromatic N) is 1. The zero-order chi connectivity index (χ0) is 15.6. The first kappa shape index (κ1) is 15.2. The smallest absolute Gasteiger partial charge is 0.417 e. The van der Waals surface area contributed by atoms with E-state index in [1.807, 2.05) is 6.92 Å². The highest BCUT2D eigenvalue weighted by Crippen LogP contribution is 2.36. The van der Waals surface area contributed by atoms with E-state index in [1.54, 1.807) is 18.2 Å². The van der Waals surface area contributed by atoms with Crippen LogP contribution in [0.15, 0.2) is 36.4 Å². The minimum absolute atomic E-state index is 0.0351. The number of hydrogen-bond donors (Lipinski definition) is 0. The lowest BCUT2D eigenvalue weighted by molar-refractivity contribution is -0.137. The second-order valence-corrected chi connectivity index (χ2v) is 4.76. The number of benzene rings is 2. The second kappa shape index (κ2) is 5.66. The van der Waals surface area contributed by atoms with Crippen molar-refractivity contribution in [3.05, 3.63) is 58.1 Å². The van der Waals surface area contributed by atoms with Crippen molar-refractivity contribution >= 4 is 11.6 Å². The molecule has 0 bridgehead atoms. The summed E-state index contributed by atoms with van der Waals surface area (Å²) in [5.41, 5.74) is -0.584. The van der Waals surface area contributed by atoms with Gasteiger partial charge in [-0.1, -0.05) is 17.7 Å².